The molecule has 7 heteroatoms. The van der Waals surface area contributed by atoms with Crippen LogP contribution in [0.3, 0.4) is 0 Å². The average Bonchev–Trinajstić information content (AvgIpc) is 2.25. The fraction of sp³-hybridized carbons (Fsp3) is 0.417. The normalized spacial score (nSPS) is 10.9. The smallest absolute Gasteiger partial charge is 0.414 e. The molecule has 0 aliphatic carbocycles. The third-order valence-electron chi connectivity index (χ3n) is 2.22. The second kappa shape index (κ2) is 5.13. The van der Waals surface area contributed by atoms with Crippen LogP contribution in [0, 0.1) is 10.1 Å². The number of rotatable bonds is 2. The number of carbonyl (C=O) groups excluding carboxylic acids is 1. The Balaban J connectivity index is 3.11. The molecule has 0 aromatic heterocycles. The van der Waals surface area contributed by atoms with Crippen LogP contribution in [0.15, 0.2) is 18.2 Å². The minimum Gasteiger partial charge on any atom is -0.443 e. The summed E-state index contributed by atoms with van der Waals surface area (Å²) in [6, 6.07) is 4.03. The highest BCUT2D eigenvalue weighted by Gasteiger charge is 2.25. The lowest BCUT2D eigenvalue weighted by Gasteiger charge is -2.24. The standard InChI is InChI=1S/C12H17N3O4/c1-12(2,3)19-11(16)14(4)10-7-8(13)5-6-9(10)15(17)18/h5-7H,13H2,1-4H3. The van der Waals surface area contributed by atoms with Crippen molar-refractivity contribution in [2.24, 2.45) is 0 Å². The molecule has 7 nitrogen and oxygen atoms in total. The van der Waals surface area contributed by atoms with Gasteiger partial charge < -0.3 is 10.5 Å². The van der Waals surface area contributed by atoms with Crippen molar-refractivity contribution < 1.29 is 14.5 Å². The van der Waals surface area contributed by atoms with Gasteiger partial charge in [0.15, 0.2) is 0 Å². The lowest BCUT2D eigenvalue weighted by Crippen LogP contribution is -2.34. The van der Waals surface area contributed by atoms with E-state index in [-0.39, 0.29) is 11.4 Å². The molecule has 0 aliphatic rings. The SMILES string of the molecule is CN(C(=O)OC(C)(C)C)c1cc(N)ccc1[N+](=O)[O-]. The van der Waals surface area contributed by atoms with E-state index in [1.54, 1.807) is 20.8 Å². The summed E-state index contributed by atoms with van der Waals surface area (Å²) in [6.45, 7) is 5.14. The van der Waals surface area contributed by atoms with Crippen molar-refractivity contribution in [1.29, 1.82) is 0 Å². The number of nitro groups is 1. The quantitative estimate of drug-likeness (QED) is 0.504. The van der Waals surface area contributed by atoms with Gasteiger partial charge >= 0.3 is 6.09 Å². The predicted octanol–water partition coefficient (Wildman–Crippen LogP) is 2.55. The molecular weight excluding hydrogens is 250 g/mol. The zero-order chi connectivity index (χ0) is 14.8. The van der Waals surface area contributed by atoms with Crippen molar-refractivity contribution in [3.63, 3.8) is 0 Å². The van der Waals surface area contributed by atoms with E-state index in [1.807, 2.05) is 0 Å². The van der Waals surface area contributed by atoms with Gasteiger partial charge in [0.2, 0.25) is 0 Å². The highest BCUT2D eigenvalue weighted by molar-refractivity contribution is 5.91. The number of carbonyl (C=O) groups is 1. The van der Waals surface area contributed by atoms with Gasteiger partial charge in [0.05, 0.1) is 4.92 Å². The maximum Gasteiger partial charge on any atom is 0.414 e. The number of benzene rings is 1. The van der Waals surface area contributed by atoms with Crippen LogP contribution in [0.25, 0.3) is 0 Å². The second-order valence-corrected chi connectivity index (χ2v) is 5.04. The van der Waals surface area contributed by atoms with E-state index < -0.39 is 16.6 Å². The van der Waals surface area contributed by atoms with Crippen LogP contribution in [-0.2, 0) is 4.74 Å². The molecule has 0 bridgehead atoms. The maximum atomic E-state index is 11.9. The lowest BCUT2D eigenvalue weighted by atomic mass is 10.2. The van der Waals surface area contributed by atoms with Gasteiger partial charge in [-0.15, -0.1) is 0 Å². The maximum absolute atomic E-state index is 11.9. The Labute approximate surface area is 111 Å². The van der Waals surface area contributed by atoms with Gasteiger partial charge in [-0.25, -0.2) is 4.79 Å². The molecule has 1 amide bonds. The number of nitrogens with zero attached hydrogens (tertiary/aromatic N) is 2. The Kier molecular flexibility index (Phi) is 3.98. The van der Waals surface area contributed by atoms with E-state index in [0.717, 1.165) is 4.90 Å². The fourth-order valence-electron chi connectivity index (χ4n) is 1.39. The zero-order valence-corrected chi connectivity index (χ0v) is 11.3. The number of anilines is 2. The minimum atomic E-state index is -0.680. The molecule has 0 radical (unpaired) electrons. The van der Waals surface area contributed by atoms with Crippen molar-refractivity contribution in [3.8, 4) is 0 Å². The van der Waals surface area contributed by atoms with Crippen LogP contribution < -0.4 is 10.6 Å². The van der Waals surface area contributed by atoms with E-state index >= 15 is 0 Å². The molecule has 1 rings (SSSR count). The van der Waals surface area contributed by atoms with Crippen LogP contribution in [-0.4, -0.2) is 23.7 Å². The largest absolute Gasteiger partial charge is 0.443 e. The number of amides is 1. The number of hydrogen-bond acceptors (Lipinski definition) is 5. The average molecular weight is 267 g/mol. The number of nitro benzene ring substituents is 1. The van der Waals surface area contributed by atoms with Crippen molar-refractivity contribution >= 4 is 23.2 Å². The van der Waals surface area contributed by atoms with Gasteiger partial charge in [0, 0.05) is 18.8 Å². The molecule has 0 heterocycles. The van der Waals surface area contributed by atoms with Gasteiger partial charge in [-0.2, -0.15) is 0 Å². The molecule has 0 aliphatic heterocycles. The summed E-state index contributed by atoms with van der Waals surface area (Å²) in [5.41, 5.74) is 5.13. The molecule has 0 fully saturated rings. The highest BCUT2D eigenvalue weighted by atomic mass is 16.6. The topological polar surface area (TPSA) is 98.7 Å². The van der Waals surface area contributed by atoms with E-state index in [9.17, 15) is 14.9 Å². The summed E-state index contributed by atoms with van der Waals surface area (Å²) in [4.78, 5) is 23.3. The van der Waals surface area contributed by atoms with Crippen molar-refractivity contribution in [2.75, 3.05) is 17.7 Å². The van der Waals surface area contributed by atoms with Gasteiger partial charge in [0.25, 0.3) is 5.69 Å². The summed E-state index contributed by atoms with van der Waals surface area (Å²) >= 11 is 0. The molecule has 104 valence electrons. The molecule has 1 aromatic carbocycles. The Morgan fingerprint density at radius 1 is 1.42 bits per heavy atom. The Hall–Kier alpha value is -2.31. The third-order valence-corrected chi connectivity index (χ3v) is 2.22. The van der Waals surface area contributed by atoms with Crippen LogP contribution in [0.5, 0.6) is 0 Å². The molecule has 0 spiro atoms. The van der Waals surface area contributed by atoms with Crippen molar-refractivity contribution in [3.05, 3.63) is 28.3 Å². The number of nitrogen functional groups attached to an aromatic ring is 1. The van der Waals surface area contributed by atoms with Gasteiger partial charge in [-0.3, -0.25) is 15.0 Å². The first-order valence-corrected chi connectivity index (χ1v) is 5.62. The number of hydrogen-bond donors (Lipinski definition) is 1. The van der Waals surface area contributed by atoms with E-state index in [0.29, 0.717) is 5.69 Å². The Morgan fingerprint density at radius 3 is 2.47 bits per heavy atom. The van der Waals surface area contributed by atoms with Gasteiger partial charge in [-0.1, -0.05) is 0 Å². The van der Waals surface area contributed by atoms with Crippen LogP contribution in [0.2, 0.25) is 0 Å². The number of nitrogens with two attached hydrogens (primary N) is 1. The molecule has 0 unspecified atom stereocenters. The summed E-state index contributed by atoms with van der Waals surface area (Å²) in [6.07, 6.45) is -0.679. The minimum absolute atomic E-state index is 0.0965. The molecule has 0 saturated carbocycles. The summed E-state index contributed by atoms with van der Waals surface area (Å²) in [5, 5.41) is 10.9. The highest BCUT2D eigenvalue weighted by Crippen LogP contribution is 2.30. The zero-order valence-electron chi connectivity index (χ0n) is 11.3. The molecule has 1 aromatic rings. The predicted molar refractivity (Wildman–Crippen MR) is 72.1 cm³/mol. The first-order valence-electron chi connectivity index (χ1n) is 5.62. The first-order chi connectivity index (χ1) is 8.61. The van der Waals surface area contributed by atoms with E-state index in [4.69, 9.17) is 10.5 Å². The molecule has 2 N–H and O–H groups in total. The van der Waals surface area contributed by atoms with Crippen molar-refractivity contribution in [2.45, 2.75) is 26.4 Å². The molecule has 0 atom stereocenters. The summed E-state index contributed by atoms with van der Waals surface area (Å²) < 4.78 is 5.15. The van der Waals surface area contributed by atoms with Crippen LogP contribution in [0.1, 0.15) is 20.8 Å². The second-order valence-electron chi connectivity index (χ2n) is 5.04. The monoisotopic (exact) mass is 267 g/mol. The van der Waals surface area contributed by atoms with Gasteiger partial charge in [0.1, 0.15) is 11.3 Å². The first kappa shape index (κ1) is 14.7. The van der Waals surface area contributed by atoms with Crippen LogP contribution >= 0.6 is 0 Å². The lowest BCUT2D eigenvalue weighted by molar-refractivity contribution is -0.384. The van der Waals surface area contributed by atoms with Crippen molar-refractivity contribution in [1.82, 2.24) is 0 Å². The van der Waals surface area contributed by atoms with E-state index in [2.05, 4.69) is 0 Å². The molecule has 0 saturated heterocycles. The fourth-order valence-corrected chi connectivity index (χ4v) is 1.39. The molecule has 19 heavy (non-hydrogen) atoms. The third kappa shape index (κ3) is 3.84. The van der Waals surface area contributed by atoms with Crippen LogP contribution in [0.4, 0.5) is 21.9 Å². The number of ether oxygens (including phenoxy) is 1. The molecular formula is C12H17N3O4. The summed E-state index contributed by atoms with van der Waals surface area (Å²) in [7, 11) is 1.40. The summed E-state index contributed by atoms with van der Waals surface area (Å²) in [5.74, 6) is 0. The van der Waals surface area contributed by atoms with E-state index in [1.165, 1.54) is 25.2 Å². The Bertz CT molecular complexity index is 508. The van der Waals surface area contributed by atoms with Gasteiger partial charge in [-0.05, 0) is 32.9 Å². The Morgan fingerprint density at radius 2 is 2.00 bits per heavy atom.